The topological polar surface area (TPSA) is 73.2 Å². The molecule has 0 aliphatic rings. The molecule has 0 aliphatic heterocycles. The molecule has 0 aliphatic carbocycles. The van der Waals surface area contributed by atoms with Gasteiger partial charge in [-0.05, 0) is 31.9 Å². The first kappa shape index (κ1) is 17.7. The van der Waals surface area contributed by atoms with Gasteiger partial charge < -0.3 is 10.1 Å². The van der Waals surface area contributed by atoms with Crippen LogP contribution in [0, 0.1) is 6.92 Å². The molecule has 0 saturated heterocycles. The molecule has 6 heteroatoms. The number of methoxy groups -OCH3 is 1. The highest BCUT2D eigenvalue weighted by Crippen LogP contribution is 2.23. The van der Waals surface area contributed by atoms with Gasteiger partial charge >= 0.3 is 5.97 Å². The van der Waals surface area contributed by atoms with Crippen LogP contribution in [-0.4, -0.2) is 34.8 Å². The van der Waals surface area contributed by atoms with Crippen LogP contribution in [0.4, 0.5) is 0 Å². The number of nitrogens with one attached hydrogen (secondary N) is 1. The van der Waals surface area contributed by atoms with Crippen LogP contribution < -0.4 is 5.32 Å². The highest BCUT2D eigenvalue weighted by Gasteiger charge is 2.24. The second kappa shape index (κ2) is 7.29. The van der Waals surface area contributed by atoms with Crippen LogP contribution in [0.5, 0.6) is 0 Å². The molecule has 0 fully saturated rings. The molecular weight excluding hydrogens is 306 g/mol. The number of esters is 1. The van der Waals surface area contributed by atoms with Crippen molar-refractivity contribution in [3.05, 3.63) is 47.3 Å². The van der Waals surface area contributed by atoms with Gasteiger partial charge in [0.2, 0.25) is 0 Å². The standard InChI is InChI=1S/C18H23N3O3/c1-11(2)16-15(17(22)20-13(4)18(23)24-5)10-19-21(16)14-8-6-12(3)7-9-14/h6-11,13H,1-5H3,(H,20,22)/t13-/m0/s1. The molecule has 1 aromatic carbocycles. The van der Waals surface area contributed by atoms with E-state index in [0.29, 0.717) is 5.56 Å². The molecule has 1 amide bonds. The smallest absolute Gasteiger partial charge is 0.328 e. The van der Waals surface area contributed by atoms with E-state index in [1.807, 2.05) is 45.0 Å². The summed E-state index contributed by atoms with van der Waals surface area (Å²) in [4.78, 5) is 24.0. The minimum absolute atomic E-state index is 0.0861. The molecule has 128 valence electrons. The van der Waals surface area contributed by atoms with Crippen molar-refractivity contribution in [2.45, 2.75) is 39.7 Å². The van der Waals surface area contributed by atoms with Crippen LogP contribution in [0.15, 0.2) is 30.5 Å². The van der Waals surface area contributed by atoms with E-state index >= 15 is 0 Å². The maximum absolute atomic E-state index is 12.5. The maximum atomic E-state index is 12.5. The van der Waals surface area contributed by atoms with E-state index in [1.165, 1.54) is 13.3 Å². The Labute approximate surface area is 141 Å². The minimum atomic E-state index is -0.717. The quantitative estimate of drug-likeness (QED) is 0.856. The normalized spacial score (nSPS) is 12.1. The van der Waals surface area contributed by atoms with Crippen LogP contribution in [-0.2, 0) is 9.53 Å². The summed E-state index contributed by atoms with van der Waals surface area (Å²) in [7, 11) is 1.29. The molecule has 1 aromatic heterocycles. The first-order valence-electron chi connectivity index (χ1n) is 7.88. The molecule has 24 heavy (non-hydrogen) atoms. The van der Waals surface area contributed by atoms with Crippen molar-refractivity contribution < 1.29 is 14.3 Å². The number of carbonyl (C=O) groups excluding carboxylic acids is 2. The van der Waals surface area contributed by atoms with Crippen molar-refractivity contribution >= 4 is 11.9 Å². The minimum Gasteiger partial charge on any atom is -0.467 e. The monoisotopic (exact) mass is 329 g/mol. The number of amides is 1. The maximum Gasteiger partial charge on any atom is 0.328 e. The number of aryl methyl sites for hydroxylation is 1. The van der Waals surface area contributed by atoms with E-state index in [1.54, 1.807) is 11.6 Å². The third kappa shape index (κ3) is 3.64. The Kier molecular flexibility index (Phi) is 5.39. The fourth-order valence-electron chi connectivity index (χ4n) is 2.49. The summed E-state index contributed by atoms with van der Waals surface area (Å²) in [5.41, 5.74) is 3.31. The highest BCUT2D eigenvalue weighted by molar-refractivity contribution is 5.97. The number of hydrogen-bond donors (Lipinski definition) is 1. The molecular formula is C18H23N3O3. The number of rotatable bonds is 5. The third-order valence-corrected chi connectivity index (χ3v) is 3.78. The van der Waals surface area contributed by atoms with Gasteiger partial charge in [0, 0.05) is 0 Å². The summed E-state index contributed by atoms with van der Waals surface area (Å²) in [6.45, 7) is 7.61. The van der Waals surface area contributed by atoms with Gasteiger partial charge in [-0.2, -0.15) is 5.10 Å². The molecule has 0 spiro atoms. The van der Waals surface area contributed by atoms with E-state index < -0.39 is 12.0 Å². The lowest BCUT2D eigenvalue weighted by Gasteiger charge is -2.15. The molecule has 1 N–H and O–H groups in total. The Bertz CT molecular complexity index is 732. The van der Waals surface area contributed by atoms with Gasteiger partial charge in [0.15, 0.2) is 0 Å². The second-order valence-electron chi connectivity index (χ2n) is 6.06. The summed E-state index contributed by atoms with van der Waals surface area (Å²) < 4.78 is 6.40. The van der Waals surface area contributed by atoms with Gasteiger partial charge in [0.25, 0.3) is 5.91 Å². The Morgan fingerprint density at radius 1 is 1.17 bits per heavy atom. The summed E-state index contributed by atoms with van der Waals surface area (Å²) in [5, 5.41) is 7.02. The average Bonchev–Trinajstić information content (AvgIpc) is 3.00. The van der Waals surface area contributed by atoms with E-state index in [9.17, 15) is 9.59 Å². The zero-order valence-electron chi connectivity index (χ0n) is 14.7. The largest absolute Gasteiger partial charge is 0.467 e. The van der Waals surface area contributed by atoms with Crippen LogP contribution in [0.1, 0.15) is 48.3 Å². The number of aromatic nitrogens is 2. The number of hydrogen-bond acceptors (Lipinski definition) is 4. The molecule has 2 rings (SSSR count). The molecule has 0 saturated carbocycles. The van der Waals surface area contributed by atoms with Gasteiger partial charge in [-0.25, -0.2) is 9.48 Å². The molecule has 1 heterocycles. The first-order valence-corrected chi connectivity index (χ1v) is 7.88. The molecule has 1 atom stereocenters. The van der Waals surface area contributed by atoms with Crippen molar-refractivity contribution in [1.82, 2.24) is 15.1 Å². The molecule has 2 aromatic rings. The summed E-state index contributed by atoms with van der Waals surface area (Å²) >= 11 is 0. The first-order chi connectivity index (χ1) is 11.3. The van der Waals surface area contributed by atoms with Gasteiger partial charge in [-0.3, -0.25) is 4.79 Å². The molecule has 0 radical (unpaired) electrons. The Morgan fingerprint density at radius 2 is 1.79 bits per heavy atom. The SMILES string of the molecule is COC(=O)[C@H](C)NC(=O)c1cnn(-c2ccc(C)cc2)c1C(C)C. The van der Waals surface area contributed by atoms with Gasteiger partial charge in [-0.15, -0.1) is 0 Å². The fourth-order valence-corrected chi connectivity index (χ4v) is 2.49. The third-order valence-electron chi connectivity index (χ3n) is 3.78. The van der Waals surface area contributed by atoms with Crippen LogP contribution in [0.3, 0.4) is 0 Å². The van der Waals surface area contributed by atoms with Crippen LogP contribution in [0.25, 0.3) is 5.69 Å². The van der Waals surface area contributed by atoms with Gasteiger partial charge in [0.1, 0.15) is 6.04 Å². The number of nitrogens with zero attached hydrogens (tertiary/aromatic N) is 2. The van der Waals surface area contributed by atoms with Crippen molar-refractivity contribution in [3.8, 4) is 5.69 Å². The van der Waals surface area contributed by atoms with Crippen LogP contribution in [0.2, 0.25) is 0 Å². The van der Waals surface area contributed by atoms with Crippen molar-refractivity contribution in [1.29, 1.82) is 0 Å². The molecule has 0 unspecified atom stereocenters. The van der Waals surface area contributed by atoms with E-state index in [0.717, 1.165) is 16.9 Å². The van der Waals surface area contributed by atoms with E-state index in [4.69, 9.17) is 0 Å². The van der Waals surface area contributed by atoms with Gasteiger partial charge in [0.05, 0.1) is 30.3 Å². The number of benzene rings is 1. The summed E-state index contributed by atoms with van der Waals surface area (Å²) in [5.74, 6) is -0.738. The zero-order valence-corrected chi connectivity index (χ0v) is 14.7. The lowest BCUT2D eigenvalue weighted by atomic mass is 10.0. The predicted molar refractivity (Wildman–Crippen MR) is 91.3 cm³/mol. The summed E-state index contributed by atoms with van der Waals surface area (Å²) in [6, 6.07) is 7.21. The lowest BCUT2D eigenvalue weighted by Crippen LogP contribution is -2.39. The lowest BCUT2D eigenvalue weighted by molar-refractivity contribution is -0.142. The molecule has 6 nitrogen and oxygen atoms in total. The van der Waals surface area contributed by atoms with Crippen LogP contribution >= 0.6 is 0 Å². The number of ether oxygens (including phenoxy) is 1. The van der Waals surface area contributed by atoms with Crippen molar-refractivity contribution in [3.63, 3.8) is 0 Å². The van der Waals surface area contributed by atoms with E-state index in [-0.39, 0.29) is 11.8 Å². The Balaban J connectivity index is 2.36. The van der Waals surface area contributed by atoms with Crippen molar-refractivity contribution in [2.24, 2.45) is 0 Å². The summed E-state index contributed by atoms with van der Waals surface area (Å²) in [6.07, 6.45) is 1.54. The van der Waals surface area contributed by atoms with Crippen molar-refractivity contribution in [2.75, 3.05) is 7.11 Å². The predicted octanol–water partition coefficient (Wildman–Crippen LogP) is 2.60. The van der Waals surface area contributed by atoms with E-state index in [2.05, 4.69) is 15.2 Å². The average molecular weight is 329 g/mol. The zero-order chi connectivity index (χ0) is 17.9. The highest BCUT2D eigenvalue weighted by atomic mass is 16.5. The Hall–Kier alpha value is -2.63. The fraction of sp³-hybridized carbons (Fsp3) is 0.389. The Morgan fingerprint density at radius 3 is 2.33 bits per heavy atom. The second-order valence-corrected chi connectivity index (χ2v) is 6.06. The molecule has 0 bridgehead atoms. The van der Waals surface area contributed by atoms with Gasteiger partial charge in [-0.1, -0.05) is 31.5 Å². The number of carbonyl (C=O) groups is 2.